The van der Waals surface area contributed by atoms with Crippen LogP contribution in [0.1, 0.15) is 18.1 Å². The number of hydrogen-bond acceptors (Lipinski definition) is 7. The average molecular weight is 505 g/mol. The van der Waals surface area contributed by atoms with E-state index in [1.807, 2.05) is 0 Å². The Balaban J connectivity index is 1.60. The smallest absolute Gasteiger partial charge is 0.335 e. The number of nitro groups is 1. The van der Waals surface area contributed by atoms with Crippen LogP contribution in [0.4, 0.5) is 20.6 Å². The molecule has 10 nitrogen and oxygen atoms in total. The van der Waals surface area contributed by atoms with Gasteiger partial charge in [0, 0.05) is 12.1 Å². The summed E-state index contributed by atoms with van der Waals surface area (Å²) < 4.78 is 24.9. The first kappa shape index (κ1) is 25.0. The molecular weight excluding hydrogens is 485 g/mol. The number of nitrogens with one attached hydrogen (secondary N) is 1. The zero-order chi connectivity index (χ0) is 26.5. The Labute approximate surface area is 210 Å². The fraction of sp³-hybridized carbons (Fsp3) is 0.115. The molecule has 0 bridgehead atoms. The number of non-ortho nitro benzene ring substituents is 1. The Morgan fingerprint density at radius 2 is 1.76 bits per heavy atom. The molecule has 1 fully saturated rings. The van der Waals surface area contributed by atoms with Crippen LogP contribution in [0, 0.1) is 15.9 Å². The molecule has 0 spiro atoms. The van der Waals surface area contributed by atoms with Crippen LogP contribution in [-0.2, 0) is 16.2 Å². The predicted octanol–water partition coefficient (Wildman–Crippen LogP) is 4.38. The number of urea groups is 1. The first-order chi connectivity index (χ1) is 17.8. The van der Waals surface area contributed by atoms with Crippen LogP contribution in [0.2, 0.25) is 0 Å². The maximum Gasteiger partial charge on any atom is 0.335 e. The summed E-state index contributed by atoms with van der Waals surface area (Å²) in [6, 6.07) is 14.5. The van der Waals surface area contributed by atoms with E-state index in [0.29, 0.717) is 29.2 Å². The van der Waals surface area contributed by atoms with E-state index >= 15 is 0 Å². The zero-order valence-electron chi connectivity index (χ0n) is 19.5. The predicted molar refractivity (Wildman–Crippen MR) is 130 cm³/mol. The summed E-state index contributed by atoms with van der Waals surface area (Å²) in [5, 5.41) is 13.0. The second-order valence-electron chi connectivity index (χ2n) is 7.79. The average Bonchev–Trinajstić information content (AvgIpc) is 2.86. The molecule has 11 heteroatoms. The van der Waals surface area contributed by atoms with Gasteiger partial charge in [0.25, 0.3) is 17.5 Å². The van der Waals surface area contributed by atoms with Gasteiger partial charge in [0.05, 0.1) is 17.2 Å². The van der Waals surface area contributed by atoms with Gasteiger partial charge in [-0.2, -0.15) is 0 Å². The molecule has 0 saturated carbocycles. The fourth-order valence-corrected chi connectivity index (χ4v) is 3.57. The number of nitrogens with zero attached hydrogens (tertiary/aromatic N) is 2. The van der Waals surface area contributed by atoms with Crippen molar-refractivity contribution in [1.82, 2.24) is 5.32 Å². The van der Waals surface area contributed by atoms with Crippen molar-refractivity contribution < 1.29 is 33.2 Å². The molecular formula is C26H20FN3O7. The van der Waals surface area contributed by atoms with E-state index in [0.717, 1.165) is 17.0 Å². The van der Waals surface area contributed by atoms with E-state index in [1.54, 1.807) is 37.3 Å². The molecule has 3 aromatic carbocycles. The summed E-state index contributed by atoms with van der Waals surface area (Å²) in [4.78, 5) is 49.0. The lowest BCUT2D eigenvalue weighted by atomic mass is 10.1. The van der Waals surface area contributed by atoms with Crippen molar-refractivity contribution in [2.75, 3.05) is 11.5 Å². The van der Waals surface area contributed by atoms with E-state index in [4.69, 9.17) is 9.47 Å². The summed E-state index contributed by atoms with van der Waals surface area (Å²) in [5.41, 5.74) is 0.548. The Morgan fingerprint density at radius 1 is 1.00 bits per heavy atom. The lowest BCUT2D eigenvalue weighted by Gasteiger charge is -2.26. The monoisotopic (exact) mass is 505 g/mol. The van der Waals surface area contributed by atoms with Crippen molar-refractivity contribution in [2.24, 2.45) is 0 Å². The molecule has 0 aliphatic carbocycles. The van der Waals surface area contributed by atoms with Gasteiger partial charge in [-0.15, -0.1) is 0 Å². The molecule has 1 heterocycles. The van der Waals surface area contributed by atoms with Crippen molar-refractivity contribution >= 4 is 35.3 Å². The number of ether oxygens (including phenoxy) is 2. The quantitative estimate of drug-likeness (QED) is 0.208. The topological polar surface area (TPSA) is 128 Å². The van der Waals surface area contributed by atoms with E-state index in [-0.39, 0.29) is 29.4 Å². The van der Waals surface area contributed by atoms with Crippen molar-refractivity contribution in [3.05, 3.63) is 99.4 Å². The summed E-state index contributed by atoms with van der Waals surface area (Å²) in [7, 11) is 0. The number of halogens is 1. The van der Waals surface area contributed by atoms with Gasteiger partial charge in [-0.05, 0) is 60.5 Å². The molecule has 1 aliphatic rings. The van der Waals surface area contributed by atoms with Gasteiger partial charge in [0.2, 0.25) is 0 Å². The SMILES string of the molecule is CCOc1cc(/C=C2\C(=O)NC(=O)N(c3ccc([N+](=O)[O-])cc3)C2=O)ccc1OCc1cccc(F)c1. The molecule has 3 aromatic rings. The summed E-state index contributed by atoms with van der Waals surface area (Å²) >= 11 is 0. The van der Waals surface area contributed by atoms with E-state index in [2.05, 4.69) is 5.32 Å². The maximum absolute atomic E-state index is 13.4. The van der Waals surface area contributed by atoms with Crippen LogP contribution in [0.3, 0.4) is 0 Å². The number of imide groups is 2. The van der Waals surface area contributed by atoms with Crippen molar-refractivity contribution in [3.8, 4) is 11.5 Å². The number of benzene rings is 3. The van der Waals surface area contributed by atoms with Crippen LogP contribution in [-0.4, -0.2) is 29.4 Å². The molecule has 1 aliphatic heterocycles. The van der Waals surface area contributed by atoms with Gasteiger partial charge in [0.1, 0.15) is 18.0 Å². The van der Waals surface area contributed by atoms with Crippen LogP contribution in [0.25, 0.3) is 6.08 Å². The van der Waals surface area contributed by atoms with Gasteiger partial charge in [0.15, 0.2) is 11.5 Å². The van der Waals surface area contributed by atoms with E-state index in [1.165, 1.54) is 30.3 Å². The molecule has 0 aromatic heterocycles. The van der Waals surface area contributed by atoms with Crippen LogP contribution in [0.15, 0.2) is 72.3 Å². The lowest BCUT2D eigenvalue weighted by molar-refractivity contribution is -0.384. The number of hydrogen-bond donors (Lipinski definition) is 1. The van der Waals surface area contributed by atoms with Gasteiger partial charge < -0.3 is 9.47 Å². The Morgan fingerprint density at radius 3 is 2.43 bits per heavy atom. The molecule has 188 valence electrons. The molecule has 37 heavy (non-hydrogen) atoms. The minimum atomic E-state index is -0.975. The third-order valence-electron chi connectivity index (χ3n) is 5.28. The minimum Gasteiger partial charge on any atom is -0.490 e. The van der Waals surface area contributed by atoms with Gasteiger partial charge in [-0.3, -0.25) is 25.0 Å². The second-order valence-corrected chi connectivity index (χ2v) is 7.79. The third-order valence-corrected chi connectivity index (χ3v) is 5.28. The maximum atomic E-state index is 13.4. The largest absolute Gasteiger partial charge is 0.490 e. The normalized spacial score (nSPS) is 14.5. The lowest BCUT2D eigenvalue weighted by Crippen LogP contribution is -2.54. The zero-order valence-corrected chi connectivity index (χ0v) is 19.5. The van der Waals surface area contributed by atoms with Crippen LogP contribution < -0.4 is 19.7 Å². The van der Waals surface area contributed by atoms with Gasteiger partial charge in [-0.25, -0.2) is 14.1 Å². The van der Waals surface area contributed by atoms with Gasteiger partial charge in [-0.1, -0.05) is 18.2 Å². The number of carbonyl (C=O) groups is 3. The Hall–Kier alpha value is -5.06. The molecule has 1 N–H and O–H groups in total. The van der Waals surface area contributed by atoms with E-state index in [9.17, 15) is 28.9 Å². The number of carbonyl (C=O) groups excluding carboxylic acids is 3. The first-order valence-corrected chi connectivity index (χ1v) is 11.1. The standard InChI is InChI=1S/C26H20FN3O7/c1-2-36-23-14-16(6-11-22(23)37-15-17-4-3-5-18(27)12-17)13-21-24(31)28-26(33)29(25(21)32)19-7-9-20(10-8-19)30(34)35/h3-14H,2,15H2,1H3,(H,28,31,33)/b21-13+. The fourth-order valence-electron chi connectivity index (χ4n) is 3.57. The highest BCUT2D eigenvalue weighted by atomic mass is 19.1. The molecule has 4 amide bonds. The molecule has 0 atom stereocenters. The highest BCUT2D eigenvalue weighted by Crippen LogP contribution is 2.31. The summed E-state index contributed by atoms with van der Waals surface area (Å²) in [6.45, 7) is 2.16. The molecule has 4 rings (SSSR count). The van der Waals surface area contributed by atoms with E-state index < -0.39 is 22.8 Å². The molecule has 0 unspecified atom stereocenters. The third kappa shape index (κ3) is 5.61. The number of nitro benzene ring substituents is 1. The molecule has 1 saturated heterocycles. The summed E-state index contributed by atoms with van der Waals surface area (Å²) in [6.07, 6.45) is 1.29. The number of rotatable bonds is 8. The number of barbiturate groups is 1. The van der Waals surface area contributed by atoms with Crippen molar-refractivity contribution in [2.45, 2.75) is 13.5 Å². The molecule has 0 radical (unpaired) electrons. The number of anilines is 1. The van der Waals surface area contributed by atoms with Crippen LogP contribution in [0.5, 0.6) is 11.5 Å². The van der Waals surface area contributed by atoms with Gasteiger partial charge >= 0.3 is 6.03 Å². The van der Waals surface area contributed by atoms with Crippen LogP contribution >= 0.6 is 0 Å². The summed E-state index contributed by atoms with van der Waals surface area (Å²) in [5.74, 6) is -1.47. The Bertz CT molecular complexity index is 1420. The highest BCUT2D eigenvalue weighted by Gasteiger charge is 2.37. The van der Waals surface area contributed by atoms with Crippen molar-refractivity contribution in [1.29, 1.82) is 0 Å². The first-order valence-electron chi connectivity index (χ1n) is 11.1. The highest BCUT2D eigenvalue weighted by molar-refractivity contribution is 6.39. The Kier molecular flexibility index (Phi) is 7.23. The second kappa shape index (κ2) is 10.7. The minimum absolute atomic E-state index is 0.0580. The van der Waals surface area contributed by atoms with Crippen molar-refractivity contribution in [3.63, 3.8) is 0 Å². The number of amides is 4.